The van der Waals surface area contributed by atoms with Gasteiger partial charge in [0.1, 0.15) is 0 Å². The van der Waals surface area contributed by atoms with Crippen molar-refractivity contribution in [1.29, 1.82) is 0 Å². The number of rotatable bonds is 4. The average molecular weight is 287 g/mol. The molecule has 1 N–H and O–H groups in total. The van der Waals surface area contributed by atoms with Crippen LogP contribution in [0.2, 0.25) is 0 Å². The summed E-state index contributed by atoms with van der Waals surface area (Å²) in [7, 11) is 1.29. The summed E-state index contributed by atoms with van der Waals surface area (Å²) in [5.74, 6) is 0.0827. The standard InChI is InChI=1S/C12H9N5O4/c1-20-12-9(17(18)19)8(13-16-12)11-15-14-10(21-11)7-5-3-2-4-6-7/h2-6H,1H3,(H,13,16). The molecule has 9 heteroatoms. The summed E-state index contributed by atoms with van der Waals surface area (Å²) in [5, 5.41) is 24.9. The van der Waals surface area contributed by atoms with Crippen molar-refractivity contribution in [1.82, 2.24) is 20.4 Å². The van der Waals surface area contributed by atoms with E-state index in [4.69, 9.17) is 9.15 Å². The molecule has 0 fully saturated rings. The maximum Gasteiger partial charge on any atom is 0.362 e. The van der Waals surface area contributed by atoms with Gasteiger partial charge in [-0.1, -0.05) is 18.2 Å². The Bertz CT molecular complexity index is 780. The van der Waals surface area contributed by atoms with Gasteiger partial charge < -0.3 is 9.15 Å². The van der Waals surface area contributed by atoms with Gasteiger partial charge in [0.15, 0.2) is 0 Å². The van der Waals surface area contributed by atoms with Crippen molar-refractivity contribution in [3.05, 3.63) is 40.4 Å². The van der Waals surface area contributed by atoms with Gasteiger partial charge in [-0.15, -0.1) is 15.3 Å². The number of ether oxygens (including phenoxy) is 1. The maximum absolute atomic E-state index is 11.1. The Morgan fingerprint density at radius 1 is 1.24 bits per heavy atom. The number of benzene rings is 1. The van der Waals surface area contributed by atoms with Crippen LogP contribution in [-0.4, -0.2) is 32.4 Å². The van der Waals surface area contributed by atoms with Crippen molar-refractivity contribution < 1.29 is 14.1 Å². The molecule has 0 aliphatic rings. The summed E-state index contributed by atoms with van der Waals surface area (Å²) < 4.78 is 10.3. The first-order valence-corrected chi connectivity index (χ1v) is 5.86. The molecular weight excluding hydrogens is 278 g/mol. The van der Waals surface area contributed by atoms with Gasteiger partial charge in [-0.05, 0) is 12.1 Å². The number of nitro groups is 1. The van der Waals surface area contributed by atoms with E-state index in [1.165, 1.54) is 7.11 Å². The average Bonchev–Trinajstić information content (AvgIpc) is 3.14. The summed E-state index contributed by atoms with van der Waals surface area (Å²) in [4.78, 5) is 10.5. The molecule has 0 aliphatic carbocycles. The van der Waals surface area contributed by atoms with Crippen molar-refractivity contribution in [3.8, 4) is 28.9 Å². The number of methoxy groups -OCH3 is 1. The summed E-state index contributed by atoms with van der Waals surface area (Å²) in [6.45, 7) is 0. The van der Waals surface area contributed by atoms with Gasteiger partial charge in [-0.3, -0.25) is 15.2 Å². The molecule has 0 saturated heterocycles. The molecule has 106 valence electrons. The Balaban J connectivity index is 2.05. The highest BCUT2D eigenvalue weighted by Gasteiger charge is 2.30. The third kappa shape index (κ3) is 2.20. The molecule has 9 nitrogen and oxygen atoms in total. The molecule has 0 bridgehead atoms. The summed E-state index contributed by atoms with van der Waals surface area (Å²) in [6.07, 6.45) is 0. The highest BCUT2D eigenvalue weighted by Crippen LogP contribution is 2.35. The number of aromatic nitrogens is 4. The number of aromatic amines is 1. The fourth-order valence-electron chi connectivity index (χ4n) is 1.80. The number of nitrogens with one attached hydrogen (secondary N) is 1. The second-order valence-corrected chi connectivity index (χ2v) is 3.99. The lowest BCUT2D eigenvalue weighted by Gasteiger charge is -1.93. The second kappa shape index (κ2) is 5.04. The predicted molar refractivity (Wildman–Crippen MR) is 70.5 cm³/mol. The normalized spacial score (nSPS) is 10.5. The van der Waals surface area contributed by atoms with Crippen LogP contribution in [0.25, 0.3) is 23.0 Å². The lowest BCUT2D eigenvalue weighted by molar-refractivity contribution is -0.385. The molecular formula is C12H9N5O4. The molecule has 2 aromatic heterocycles. The van der Waals surface area contributed by atoms with Gasteiger partial charge in [0.05, 0.1) is 12.0 Å². The van der Waals surface area contributed by atoms with Gasteiger partial charge in [0.25, 0.3) is 5.89 Å². The zero-order valence-corrected chi connectivity index (χ0v) is 10.8. The Morgan fingerprint density at radius 3 is 2.62 bits per heavy atom. The largest absolute Gasteiger partial charge is 0.475 e. The summed E-state index contributed by atoms with van der Waals surface area (Å²) in [5.41, 5.74) is 0.373. The smallest absolute Gasteiger partial charge is 0.362 e. The minimum atomic E-state index is -0.621. The predicted octanol–water partition coefficient (Wildman–Crippen LogP) is 2.04. The molecule has 21 heavy (non-hydrogen) atoms. The number of hydrogen-bond acceptors (Lipinski definition) is 7. The molecule has 0 atom stereocenters. The molecule has 0 aliphatic heterocycles. The zero-order valence-electron chi connectivity index (χ0n) is 10.8. The number of nitrogens with zero attached hydrogens (tertiary/aromatic N) is 4. The molecule has 0 radical (unpaired) electrons. The van der Waals surface area contributed by atoms with Gasteiger partial charge in [-0.2, -0.15) is 0 Å². The minimum absolute atomic E-state index is 0.00605. The third-order valence-electron chi connectivity index (χ3n) is 2.74. The van der Waals surface area contributed by atoms with Crippen LogP contribution in [-0.2, 0) is 0 Å². The van der Waals surface area contributed by atoms with E-state index in [9.17, 15) is 10.1 Å². The zero-order chi connectivity index (χ0) is 14.8. The Kier molecular flexibility index (Phi) is 3.07. The number of hydrogen-bond donors (Lipinski definition) is 1. The van der Waals surface area contributed by atoms with Crippen LogP contribution in [0.1, 0.15) is 0 Å². The SMILES string of the molecule is COc1n[nH]c(-c2nnc(-c3ccccc3)o2)c1[N+](=O)[O-]. The minimum Gasteiger partial charge on any atom is -0.475 e. The Labute approximate surface area is 117 Å². The first-order chi connectivity index (χ1) is 10.2. The third-order valence-corrected chi connectivity index (χ3v) is 2.74. The van der Waals surface area contributed by atoms with E-state index in [1.54, 1.807) is 12.1 Å². The van der Waals surface area contributed by atoms with E-state index in [-0.39, 0.29) is 29.0 Å². The van der Waals surface area contributed by atoms with Crippen molar-refractivity contribution in [2.75, 3.05) is 7.11 Å². The van der Waals surface area contributed by atoms with Gasteiger partial charge in [0, 0.05) is 5.56 Å². The lowest BCUT2D eigenvalue weighted by Crippen LogP contribution is -1.93. The second-order valence-electron chi connectivity index (χ2n) is 3.99. The highest BCUT2D eigenvalue weighted by molar-refractivity contribution is 5.67. The Morgan fingerprint density at radius 2 is 1.95 bits per heavy atom. The molecule has 3 rings (SSSR count). The first kappa shape index (κ1) is 12.8. The van der Waals surface area contributed by atoms with Crippen LogP contribution in [0, 0.1) is 10.1 Å². The molecule has 1 aromatic carbocycles. The lowest BCUT2D eigenvalue weighted by atomic mass is 10.2. The van der Waals surface area contributed by atoms with Crippen LogP contribution < -0.4 is 4.74 Å². The maximum atomic E-state index is 11.1. The molecule has 0 unspecified atom stereocenters. The molecule has 3 aromatic rings. The fourth-order valence-corrected chi connectivity index (χ4v) is 1.80. The monoisotopic (exact) mass is 287 g/mol. The summed E-state index contributed by atoms with van der Waals surface area (Å²) >= 11 is 0. The van der Waals surface area contributed by atoms with E-state index in [2.05, 4.69) is 20.4 Å². The molecule has 0 spiro atoms. The van der Waals surface area contributed by atoms with Crippen LogP contribution in [0.5, 0.6) is 5.88 Å². The van der Waals surface area contributed by atoms with Crippen molar-refractivity contribution in [3.63, 3.8) is 0 Å². The van der Waals surface area contributed by atoms with E-state index in [0.717, 1.165) is 0 Å². The number of H-pyrrole nitrogens is 1. The van der Waals surface area contributed by atoms with Crippen LogP contribution >= 0.6 is 0 Å². The summed E-state index contributed by atoms with van der Waals surface area (Å²) in [6, 6.07) is 9.08. The van der Waals surface area contributed by atoms with Gasteiger partial charge in [0.2, 0.25) is 11.6 Å². The first-order valence-electron chi connectivity index (χ1n) is 5.86. The van der Waals surface area contributed by atoms with Crippen LogP contribution in [0.15, 0.2) is 34.7 Å². The Hall–Kier alpha value is -3.23. The van der Waals surface area contributed by atoms with Gasteiger partial charge >= 0.3 is 11.6 Å². The van der Waals surface area contributed by atoms with Crippen molar-refractivity contribution in [2.24, 2.45) is 0 Å². The van der Waals surface area contributed by atoms with E-state index >= 15 is 0 Å². The topological polar surface area (TPSA) is 120 Å². The molecule has 2 heterocycles. The molecule has 0 amide bonds. The van der Waals surface area contributed by atoms with Crippen molar-refractivity contribution in [2.45, 2.75) is 0 Å². The van der Waals surface area contributed by atoms with E-state index < -0.39 is 4.92 Å². The quantitative estimate of drug-likeness (QED) is 0.575. The van der Waals surface area contributed by atoms with Gasteiger partial charge in [-0.25, -0.2) is 0 Å². The fraction of sp³-hybridized carbons (Fsp3) is 0.0833. The van der Waals surface area contributed by atoms with Crippen LogP contribution in [0.3, 0.4) is 0 Å². The van der Waals surface area contributed by atoms with E-state index in [1.807, 2.05) is 18.2 Å². The van der Waals surface area contributed by atoms with E-state index in [0.29, 0.717) is 5.56 Å². The van der Waals surface area contributed by atoms with Crippen LogP contribution in [0.4, 0.5) is 5.69 Å². The highest BCUT2D eigenvalue weighted by atomic mass is 16.6. The molecule has 0 saturated carbocycles. The van der Waals surface area contributed by atoms with Crippen molar-refractivity contribution >= 4 is 5.69 Å².